The van der Waals surface area contributed by atoms with Crippen molar-refractivity contribution in [2.45, 2.75) is 10.4 Å². The van der Waals surface area contributed by atoms with Crippen LogP contribution in [0.2, 0.25) is 5.02 Å². The number of oxazole rings is 1. The number of halogens is 1. The molecule has 0 unspecified atom stereocenters. The van der Waals surface area contributed by atoms with Gasteiger partial charge >= 0.3 is 0 Å². The van der Waals surface area contributed by atoms with Crippen molar-refractivity contribution in [1.82, 2.24) is 19.9 Å². The van der Waals surface area contributed by atoms with E-state index in [0.29, 0.717) is 53.6 Å². The number of anilines is 3. The van der Waals surface area contributed by atoms with E-state index in [1.807, 2.05) is 48.5 Å². The average molecular weight is 441 g/mol. The van der Waals surface area contributed by atoms with Gasteiger partial charge in [0.25, 0.3) is 5.22 Å². The molecule has 1 fully saturated rings. The summed E-state index contributed by atoms with van der Waals surface area (Å²) in [6.45, 7) is 2.70. The molecule has 1 aliphatic rings. The standard InChI is InChI=1S/C20H17ClN6O2S/c21-13-4-3-5-14(12-13)22-17-24-18(27-8-10-28-11-9-27)26-19(25-17)30-20-23-15-6-1-2-7-16(15)29-20/h1-7,12H,8-11H2,(H,22,24,25,26). The highest BCUT2D eigenvalue weighted by atomic mass is 35.5. The minimum atomic E-state index is 0.423. The van der Waals surface area contributed by atoms with Crippen LogP contribution in [0.4, 0.5) is 17.6 Å². The molecule has 3 heterocycles. The van der Waals surface area contributed by atoms with Gasteiger partial charge in [-0.2, -0.15) is 15.0 Å². The van der Waals surface area contributed by atoms with E-state index in [4.69, 9.17) is 20.8 Å². The molecule has 1 aliphatic heterocycles. The van der Waals surface area contributed by atoms with E-state index in [2.05, 4.69) is 30.2 Å². The van der Waals surface area contributed by atoms with E-state index in [-0.39, 0.29) is 0 Å². The van der Waals surface area contributed by atoms with Crippen LogP contribution in [-0.4, -0.2) is 46.2 Å². The summed E-state index contributed by atoms with van der Waals surface area (Å²) in [4.78, 5) is 20.3. The van der Waals surface area contributed by atoms with Crippen LogP contribution in [-0.2, 0) is 4.74 Å². The number of hydrogen-bond donors (Lipinski definition) is 1. The number of nitrogens with one attached hydrogen (secondary N) is 1. The summed E-state index contributed by atoms with van der Waals surface area (Å²) in [6.07, 6.45) is 0. The lowest BCUT2D eigenvalue weighted by Crippen LogP contribution is -2.37. The molecule has 0 amide bonds. The third kappa shape index (κ3) is 4.33. The first-order valence-corrected chi connectivity index (χ1v) is 10.6. The number of rotatable bonds is 5. The second-order valence-corrected chi connectivity index (χ2v) is 7.88. The van der Waals surface area contributed by atoms with Crippen LogP contribution in [0.1, 0.15) is 0 Å². The monoisotopic (exact) mass is 440 g/mol. The minimum Gasteiger partial charge on any atom is -0.431 e. The number of ether oxygens (including phenoxy) is 1. The molecule has 30 heavy (non-hydrogen) atoms. The maximum absolute atomic E-state index is 6.10. The van der Waals surface area contributed by atoms with E-state index in [9.17, 15) is 0 Å². The van der Waals surface area contributed by atoms with Crippen LogP contribution in [0, 0.1) is 0 Å². The Morgan fingerprint density at radius 3 is 2.67 bits per heavy atom. The summed E-state index contributed by atoms with van der Waals surface area (Å²) in [6, 6.07) is 15.0. The van der Waals surface area contributed by atoms with Crippen molar-refractivity contribution in [3.8, 4) is 0 Å². The highest BCUT2D eigenvalue weighted by Crippen LogP contribution is 2.30. The third-order valence-electron chi connectivity index (χ3n) is 4.43. The smallest absolute Gasteiger partial charge is 0.264 e. The van der Waals surface area contributed by atoms with Gasteiger partial charge in [-0.3, -0.25) is 0 Å². The van der Waals surface area contributed by atoms with Crippen molar-refractivity contribution in [2.75, 3.05) is 36.5 Å². The van der Waals surface area contributed by atoms with Crippen LogP contribution in [0.15, 0.2) is 63.3 Å². The summed E-state index contributed by atoms with van der Waals surface area (Å²) in [5.74, 6) is 1.00. The molecule has 0 radical (unpaired) electrons. The van der Waals surface area contributed by atoms with Crippen molar-refractivity contribution in [3.63, 3.8) is 0 Å². The molecule has 152 valence electrons. The van der Waals surface area contributed by atoms with E-state index in [0.717, 1.165) is 16.8 Å². The summed E-state index contributed by atoms with van der Waals surface area (Å²) < 4.78 is 11.3. The van der Waals surface area contributed by atoms with Crippen molar-refractivity contribution >= 4 is 52.0 Å². The molecule has 0 saturated carbocycles. The Balaban J connectivity index is 1.48. The van der Waals surface area contributed by atoms with Gasteiger partial charge in [0.1, 0.15) is 5.52 Å². The number of aromatic nitrogens is 4. The molecule has 1 N–H and O–H groups in total. The molecule has 0 atom stereocenters. The van der Waals surface area contributed by atoms with Crippen LogP contribution in [0.3, 0.4) is 0 Å². The van der Waals surface area contributed by atoms with Crippen molar-refractivity contribution < 1.29 is 9.15 Å². The third-order valence-corrected chi connectivity index (χ3v) is 5.38. The topological polar surface area (TPSA) is 89.2 Å². The van der Waals surface area contributed by atoms with E-state index in [1.165, 1.54) is 11.8 Å². The Morgan fingerprint density at radius 2 is 1.83 bits per heavy atom. The minimum absolute atomic E-state index is 0.423. The fourth-order valence-electron chi connectivity index (χ4n) is 3.02. The fraction of sp³-hybridized carbons (Fsp3) is 0.200. The quantitative estimate of drug-likeness (QED) is 0.485. The SMILES string of the molecule is Clc1cccc(Nc2nc(Sc3nc4ccccc4o3)nc(N3CCOCC3)n2)c1. The first-order valence-electron chi connectivity index (χ1n) is 9.38. The van der Waals surface area contributed by atoms with Gasteiger partial charge in [0.05, 0.1) is 13.2 Å². The average Bonchev–Trinajstić information content (AvgIpc) is 3.16. The lowest BCUT2D eigenvalue weighted by Gasteiger charge is -2.27. The van der Waals surface area contributed by atoms with Crippen molar-refractivity contribution in [3.05, 3.63) is 53.6 Å². The van der Waals surface area contributed by atoms with Gasteiger partial charge in [-0.15, -0.1) is 0 Å². The highest BCUT2D eigenvalue weighted by molar-refractivity contribution is 7.99. The van der Waals surface area contributed by atoms with Crippen LogP contribution >= 0.6 is 23.4 Å². The molecular formula is C20H17ClN6O2S. The molecule has 0 bridgehead atoms. The molecule has 2 aromatic carbocycles. The zero-order valence-electron chi connectivity index (χ0n) is 15.8. The van der Waals surface area contributed by atoms with Gasteiger partial charge in [-0.25, -0.2) is 4.98 Å². The second kappa shape index (κ2) is 8.47. The Bertz CT molecular complexity index is 1150. The molecule has 5 rings (SSSR count). The van der Waals surface area contributed by atoms with Gasteiger partial charge in [0, 0.05) is 35.6 Å². The molecule has 4 aromatic rings. The predicted molar refractivity (Wildman–Crippen MR) is 116 cm³/mol. The van der Waals surface area contributed by atoms with Crippen LogP contribution in [0.25, 0.3) is 11.1 Å². The number of morpholine rings is 1. The maximum Gasteiger partial charge on any atom is 0.264 e. The highest BCUT2D eigenvalue weighted by Gasteiger charge is 2.18. The molecule has 1 saturated heterocycles. The van der Waals surface area contributed by atoms with Crippen molar-refractivity contribution in [2.24, 2.45) is 0 Å². The summed E-state index contributed by atoms with van der Waals surface area (Å²) >= 11 is 7.36. The number of para-hydroxylation sites is 2. The molecule has 0 aliphatic carbocycles. The number of fused-ring (bicyclic) bond motifs is 1. The molecule has 8 nitrogen and oxygen atoms in total. The van der Waals surface area contributed by atoms with Gasteiger partial charge in [0.2, 0.25) is 17.1 Å². The van der Waals surface area contributed by atoms with Crippen molar-refractivity contribution in [1.29, 1.82) is 0 Å². The molecule has 10 heteroatoms. The Morgan fingerprint density at radius 1 is 0.967 bits per heavy atom. The summed E-state index contributed by atoms with van der Waals surface area (Å²) in [7, 11) is 0. The first-order chi connectivity index (χ1) is 14.7. The lowest BCUT2D eigenvalue weighted by molar-refractivity contribution is 0.122. The van der Waals surface area contributed by atoms with E-state index in [1.54, 1.807) is 0 Å². The number of hydrogen-bond acceptors (Lipinski definition) is 9. The lowest BCUT2D eigenvalue weighted by atomic mass is 10.3. The fourth-order valence-corrected chi connectivity index (χ4v) is 3.90. The molecular weight excluding hydrogens is 424 g/mol. The predicted octanol–water partition coefficient (Wildman–Crippen LogP) is 4.40. The van der Waals surface area contributed by atoms with Gasteiger partial charge in [-0.1, -0.05) is 29.8 Å². The zero-order chi connectivity index (χ0) is 20.3. The van der Waals surface area contributed by atoms with E-state index >= 15 is 0 Å². The number of nitrogens with zero attached hydrogens (tertiary/aromatic N) is 5. The van der Waals surface area contributed by atoms with E-state index < -0.39 is 0 Å². The largest absolute Gasteiger partial charge is 0.431 e. The molecule has 0 spiro atoms. The number of benzene rings is 2. The van der Waals surface area contributed by atoms with Gasteiger partial charge in [-0.05, 0) is 30.3 Å². The Hall–Kier alpha value is -2.88. The zero-order valence-corrected chi connectivity index (χ0v) is 17.4. The molecule has 2 aromatic heterocycles. The van der Waals surface area contributed by atoms with Crippen LogP contribution in [0.5, 0.6) is 0 Å². The normalized spacial score (nSPS) is 14.2. The van der Waals surface area contributed by atoms with Gasteiger partial charge in [0.15, 0.2) is 5.58 Å². The maximum atomic E-state index is 6.10. The first kappa shape index (κ1) is 19.1. The summed E-state index contributed by atoms with van der Waals surface area (Å²) in [5, 5.41) is 4.80. The Labute approximate surface area is 181 Å². The second-order valence-electron chi connectivity index (χ2n) is 6.53. The van der Waals surface area contributed by atoms with Gasteiger partial charge < -0.3 is 19.4 Å². The van der Waals surface area contributed by atoms with Crippen LogP contribution < -0.4 is 10.2 Å². The summed E-state index contributed by atoms with van der Waals surface area (Å²) in [5.41, 5.74) is 2.30. The Kier molecular flexibility index (Phi) is 5.39.